The predicted octanol–water partition coefficient (Wildman–Crippen LogP) is 1.17. The normalized spacial score (nSPS) is 10.7. The zero-order valence-electron chi connectivity index (χ0n) is 20.2. The summed E-state index contributed by atoms with van der Waals surface area (Å²) in [6.45, 7) is 7.53. The summed E-state index contributed by atoms with van der Waals surface area (Å²) >= 11 is 1.30. The fraction of sp³-hybridized carbons (Fsp3) is 0.500. The van der Waals surface area contributed by atoms with Gasteiger partial charge in [0.1, 0.15) is 22.6 Å². The lowest BCUT2D eigenvalue weighted by molar-refractivity contribution is -0.534. The lowest BCUT2D eigenvalue weighted by atomic mass is 10.1. The molecular weight excluding hydrogens is 470 g/mol. The van der Waals surface area contributed by atoms with Crippen molar-refractivity contribution < 1.29 is 29.8 Å². The van der Waals surface area contributed by atoms with Crippen LogP contribution < -0.4 is 15.8 Å². The first-order valence-corrected chi connectivity index (χ1v) is 12.2. The number of nitrogens with two attached hydrogens (primary N) is 1. The second-order valence-electron chi connectivity index (χ2n) is 7.58. The van der Waals surface area contributed by atoms with Crippen molar-refractivity contribution in [3.63, 3.8) is 0 Å². The Balaban J connectivity index is 2.01. The summed E-state index contributed by atoms with van der Waals surface area (Å²) in [4.78, 5) is 2.70. The number of nitrogens with one attached hydrogen (secondary N) is 1. The number of ether oxygens (including phenoxy) is 3. The fourth-order valence-corrected chi connectivity index (χ4v) is 4.24. The topological polar surface area (TPSA) is 148 Å². The first-order valence-electron chi connectivity index (χ1n) is 11.4. The number of aryl methyl sites for hydroxylation is 1. The van der Waals surface area contributed by atoms with Crippen LogP contribution >= 0.6 is 11.3 Å². The third-order valence-electron chi connectivity index (χ3n) is 5.18. The molecule has 0 saturated heterocycles. The maximum Gasteiger partial charge on any atom is 0.229 e. The molecule has 190 valence electrons. The van der Waals surface area contributed by atoms with Crippen LogP contribution in [0, 0.1) is 36.5 Å². The lowest BCUT2D eigenvalue weighted by Crippen LogP contribution is -2.82. The van der Waals surface area contributed by atoms with E-state index in [9.17, 15) is 10.5 Å². The van der Waals surface area contributed by atoms with Crippen molar-refractivity contribution in [2.75, 3.05) is 76.3 Å². The first kappa shape index (κ1) is 28.5. The second kappa shape index (κ2) is 16.0. The Morgan fingerprint density at radius 1 is 0.943 bits per heavy atom. The van der Waals surface area contributed by atoms with Gasteiger partial charge in [-0.2, -0.15) is 10.5 Å². The summed E-state index contributed by atoms with van der Waals surface area (Å²) < 4.78 is 16.3. The molecule has 0 spiro atoms. The molecular formula is C24H34N5O5S+. The van der Waals surface area contributed by atoms with Gasteiger partial charge in [0, 0.05) is 24.3 Å². The minimum Gasteiger partial charge on any atom is -0.394 e. The molecule has 0 aliphatic heterocycles. The number of quaternary nitrogens is 1. The molecule has 35 heavy (non-hydrogen) atoms. The number of nitriles is 2. The van der Waals surface area contributed by atoms with Gasteiger partial charge in [0.25, 0.3) is 0 Å². The number of thiophene rings is 1. The smallest absolute Gasteiger partial charge is 0.229 e. The van der Waals surface area contributed by atoms with E-state index in [1.807, 2.05) is 19.1 Å². The van der Waals surface area contributed by atoms with Crippen LogP contribution in [0.3, 0.4) is 0 Å². The number of hydrogen-bond acceptors (Lipinski definition) is 10. The average molecular weight is 505 g/mol. The maximum absolute atomic E-state index is 9.45. The molecule has 5 N–H and O–H groups in total. The first-order chi connectivity index (χ1) is 17.0. The Labute approximate surface area is 210 Å². The SMILES string of the molecule is Cc1cc(N(CCOCCO)CCOCCOCCO)ccc1N[NH2+]c1sc(C#N)c(C)c1C#N. The molecule has 0 amide bonds. The fourth-order valence-electron chi connectivity index (χ4n) is 3.31. The van der Waals surface area contributed by atoms with Gasteiger partial charge in [-0.1, -0.05) is 11.3 Å². The van der Waals surface area contributed by atoms with Gasteiger partial charge in [-0.05, 0) is 37.6 Å². The molecule has 2 rings (SSSR count). The molecule has 1 aromatic heterocycles. The average Bonchev–Trinajstić information content (AvgIpc) is 3.18. The molecule has 11 heteroatoms. The minimum atomic E-state index is -0.0138. The van der Waals surface area contributed by atoms with Crippen molar-refractivity contribution >= 4 is 27.7 Å². The molecule has 10 nitrogen and oxygen atoms in total. The number of anilines is 2. The van der Waals surface area contributed by atoms with Crippen molar-refractivity contribution in [1.82, 2.24) is 0 Å². The monoisotopic (exact) mass is 504 g/mol. The molecule has 0 bridgehead atoms. The van der Waals surface area contributed by atoms with Crippen LogP contribution in [0.25, 0.3) is 0 Å². The van der Waals surface area contributed by atoms with E-state index in [2.05, 4.69) is 28.5 Å². The van der Waals surface area contributed by atoms with Crippen LogP contribution in [0.4, 0.5) is 16.4 Å². The maximum atomic E-state index is 9.45. The van der Waals surface area contributed by atoms with Gasteiger partial charge < -0.3 is 29.3 Å². The number of aliphatic hydroxyl groups excluding tert-OH is 2. The number of aliphatic hydroxyl groups is 2. The predicted molar refractivity (Wildman–Crippen MR) is 134 cm³/mol. The number of nitrogen functional groups attached to an aromatic ring is 1. The number of benzene rings is 1. The quantitative estimate of drug-likeness (QED) is 0.142. The number of hydrogen-bond donors (Lipinski definition) is 4. The van der Waals surface area contributed by atoms with E-state index in [4.69, 9.17) is 24.4 Å². The van der Waals surface area contributed by atoms with Gasteiger partial charge in [0.15, 0.2) is 0 Å². The summed E-state index contributed by atoms with van der Waals surface area (Å²) in [6, 6.07) is 10.4. The molecule has 0 aliphatic carbocycles. The highest BCUT2D eigenvalue weighted by Crippen LogP contribution is 2.28. The second-order valence-corrected chi connectivity index (χ2v) is 8.63. The molecule has 0 atom stereocenters. The Hall–Kier alpha value is -2.74. The zero-order valence-corrected chi connectivity index (χ0v) is 21.1. The van der Waals surface area contributed by atoms with Gasteiger partial charge in [-0.3, -0.25) is 0 Å². The van der Waals surface area contributed by atoms with Crippen molar-refractivity contribution in [3.8, 4) is 12.1 Å². The summed E-state index contributed by atoms with van der Waals surface area (Å²) in [5.41, 5.74) is 9.20. The highest BCUT2D eigenvalue weighted by atomic mass is 32.1. The van der Waals surface area contributed by atoms with E-state index in [0.717, 1.165) is 21.9 Å². The van der Waals surface area contributed by atoms with Crippen molar-refractivity contribution in [3.05, 3.63) is 39.8 Å². The van der Waals surface area contributed by atoms with Crippen LogP contribution in [0.5, 0.6) is 0 Å². The Morgan fingerprint density at radius 2 is 1.57 bits per heavy atom. The third kappa shape index (κ3) is 9.09. The summed E-state index contributed by atoms with van der Waals surface area (Å²) in [5, 5.41) is 37.1. The summed E-state index contributed by atoms with van der Waals surface area (Å²) in [7, 11) is 0. The largest absolute Gasteiger partial charge is 0.394 e. The highest BCUT2D eigenvalue weighted by Gasteiger charge is 2.18. The highest BCUT2D eigenvalue weighted by molar-refractivity contribution is 7.16. The summed E-state index contributed by atoms with van der Waals surface area (Å²) in [5.74, 6) is 0. The van der Waals surface area contributed by atoms with E-state index in [1.165, 1.54) is 11.3 Å². The molecule has 2 aromatic rings. The van der Waals surface area contributed by atoms with Gasteiger partial charge >= 0.3 is 0 Å². The number of nitrogens with zero attached hydrogens (tertiary/aromatic N) is 3. The van der Waals surface area contributed by atoms with Crippen LogP contribution in [-0.4, -0.2) is 76.2 Å². The van der Waals surface area contributed by atoms with Crippen LogP contribution in [0.2, 0.25) is 0 Å². The molecule has 0 radical (unpaired) electrons. The number of rotatable bonds is 17. The zero-order chi connectivity index (χ0) is 25.5. The van der Waals surface area contributed by atoms with E-state index in [1.54, 1.807) is 12.3 Å². The van der Waals surface area contributed by atoms with E-state index in [0.29, 0.717) is 68.7 Å². The Bertz CT molecular complexity index is 1000. The lowest BCUT2D eigenvalue weighted by Gasteiger charge is -2.25. The molecule has 0 aliphatic rings. The van der Waals surface area contributed by atoms with Gasteiger partial charge in [-0.15, -0.1) is 0 Å². The van der Waals surface area contributed by atoms with E-state index in [-0.39, 0.29) is 13.2 Å². The summed E-state index contributed by atoms with van der Waals surface area (Å²) in [6.07, 6.45) is 0. The van der Waals surface area contributed by atoms with Gasteiger partial charge in [0.2, 0.25) is 5.00 Å². The van der Waals surface area contributed by atoms with E-state index >= 15 is 0 Å². The standard InChI is InChI=1S/C24H33N5O5S/c1-18-15-20(29(5-9-32-11-7-30)6-10-33-13-14-34-12-8-31)3-4-22(18)27-28-24-21(16-25)19(2)23(17-26)35-24/h3-4,15,27-28,30-31H,5-14H2,1-2H3/p+1. The van der Waals surface area contributed by atoms with Gasteiger partial charge in [-0.25, -0.2) is 10.9 Å². The molecule has 0 fully saturated rings. The van der Waals surface area contributed by atoms with Crippen LogP contribution in [0.15, 0.2) is 18.2 Å². The molecule has 0 unspecified atom stereocenters. The van der Waals surface area contributed by atoms with Crippen molar-refractivity contribution in [2.24, 2.45) is 0 Å². The molecule has 1 aromatic carbocycles. The van der Waals surface area contributed by atoms with Crippen molar-refractivity contribution in [1.29, 1.82) is 10.5 Å². The van der Waals surface area contributed by atoms with Crippen LogP contribution in [0.1, 0.15) is 21.6 Å². The van der Waals surface area contributed by atoms with Crippen LogP contribution in [-0.2, 0) is 14.2 Å². The molecule has 1 heterocycles. The minimum absolute atomic E-state index is 0.00304. The van der Waals surface area contributed by atoms with Crippen molar-refractivity contribution in [2.45, 2.75) is 13.8 Å². The van der Waals surface area contributed by atoms with Gasteiger partial charge in [0.05, 0.1) is 58.5 Å². The Kier molecular flexibility index (Phi) is 13.0. The third-order valence-corrected chi connectivity index (χ3v) is 6.32. The molecule has 0 saturated carbocycles. The Morgan fingerprint density at radius 3 is 2.14 bits per heavy atom. The van der Waals surface area contributed by atoms with E-state index < -0.39 is 0 Å².